The second kappa shape index (κ2) is 3.52. The van der Waals surface area contributed by atoms with Crippen molar-refractivity contribution in [2.45, 2.75) is 31.2 Å². The lowest BCUT2D eigenvalue weighted by molar-refractivity contribution is 0.639. The van der Waals surface area contributed by atoms with Crippen molar-refractivity contribution in [2.75, 3.05) is 0 Å². The molecule has 1 saturated carbocycles. The number of aromatic amines is 1. The molecule has 0 saturated heterocycles. The topological polar surface area (TPSA) is 84.9 Å². The van der Waals surface area contributed by atoms with Gasteiger partial charge < -0.3 is 10.7 Å². The minimum absolute atomic E-state index is 0.297. The number of rotatable bonds is 1. The summed E-state index contributed by atoms with van der Waals surface area (Å²) in [5.74, 6) is 1.43. The van der Waals surface area contributed by atoms with Gasteiger partial charge in [0.1, 0.15) is 5.82 Å². The summed E-state index contributed by atoms with van der Waals surface area (Å²) in [6.07, 6.45) is 6.80. The number of aromatic nitrogens is 5. The van der Waals surface area contributed by atoms with Crippen molar-refractivity contribution in [2.24, 2.45) is 5.73 Å². The highest BCUT2D eigenvalue weighted by atomic mass is 15.3. The molecule has 0 unspecified atom stereocenters. The number of nitrogens with one attached hydrogen (secondary N) is 1. The van der Waals surface area contributed by atoms with Crippen LogP contribution in [0.2, 0.25) is 0 Å². The van der Waals surface area contributed by atoms with E-state index in [2.05, 4.69) is 24.6 Å². The van der Waals surface area contributed by atoms with Crippen LogP contribution in [0.15, 0.2) is 18.5 Å². The van der Waals surface area contributed by atoms with Gasteiger partial charge in [-0.15, -0.1) is 10.2 Å². The van der Waals surface area contributed by atoms with Gasteiger partial charge in [-0.2, -0.15) is 0 Å². The van der Waals surface area contributed by atoms with Gasteiger partial charge in [-0.1, -0.05) is 0 Å². The molecule has 0 amide bonds. The molecule has 6 heteroatoms. The Hall–Kier alpha value is -1.95. The molecule has 3 N–H and O–H groups in total. The third-order valence-corrected chi connectivity index (χ3v) is 3.81. The smallest absolute Gasteiger partial charge is 0.179 e. The number of H-pyrrole nitrogens is 1. The molecule has 1 aliphatic carbocycles. The molecule has 1 aliphatic rings. The molecule has 3 aromatic rings. The van der Waals surface area contributed by atoms with Gasteiger partial charge in [-0.25, -0.2) is 4.98 Å². The summed E-state index contributed by atoms with van der Waals surface area (Å²) in [6.45, 7) is 0. The van der Waals surface area contributed by atoms with Crippen LogP contribution in [0, 0.1) is 0 Å². The monoisotopic (exact) mass is 242 g/mol. The van der Waals surface area contributed by atoms with Crippen LogP contribution < -0.4 is 5.73 Å². The van der Waals surface area contributed by atoms with Crippen LogP contribution in [0.3, 0.4) is 0 Å². The molecule has 1 fully saturated rings. The van der Waals surface area contributed by atoms with E-state index in [9.17, 15) is 0 Å². The molecule has 3 aromatic heterocycles. The summed E-state index contributed by atoms with van der Waals surface area (Å²) in [5, 5.41) is 8.56. The summed E-state index contributed by atoms with van der Waals surface area (Å²) in [5.41, 5.74) is 8.70. The van der Waals surface area contributed by atoms with Crippen LogP contribution in [0.1, 0.15) is 31.0 Å². The Kier molecular flexibility index (Phi) is 1.96. The Labute approximate surface area is 103 Å². The molecule has 3 heterocycles. The zero-order valence-electron chi connectivity index (χ0n) is 9.87. The van der Waals surface area contributed by atoms with E-state index in [1.165, 1.54) is 0 Å². The van der Waals surface area contributed by atoms with Gasteiger partial charge in [0.25, 0.3) is 0 Å². The first-order valence-corrected chi connectivity index (χ1v) is 6.25. The van der Waals surface area contributed by atoms with Gasteiger partial charge in [0, 0.05) is 18.2 Å². The summed E-state index contributed by atoms with van der Waals surface area (Å²) < 4.78 is 2.10. The van der Waals surface area contributed by atoms with Crippen molar-refractivity contribution in [1.82, 2.24) is 24.6 Å². The van der Waals surface area contributed by atoms with Crippen LogP contribution in [-0.4, -0.2) is 30.6 Å². The molecular weight excluding hydrogens is 228 g/mol. The average Bonchev–Trinajstić information content (AvgIpc) is 3.03. The van der Waals surface area contributed by atoms with Crippen molar-refractivity contribution < 1.29 is 0 Å². The number of hydrogen-bond acceptors (Lipinski definition) is 4. The van der Waals surface area contributed by atoms with Gasteiger partial charge >= 0.3 is 0 Å². The molecule has 0 radical (unpaired) electrons. The highest BCUT2D eigenvalue weighted by molar-refractivity contribution is 5.74. The Balaban J connectivity index is 1.97. The van der Waals surface area contributed by atoms with Crippen LogP contribution in [0.5, 0.6) is 0 Å². The fourth-order valence-corrected chi connectivity index (χ4v) is 2.91. The number of nitrogens with two attached hydrogens (primary N) is 1. The number of fused-ring (bicyclic) bond motifs is 3. The highest BCUT2D eigenvalue weighted by Gasteiger charge is 2.27. The van der Waals surface area contributed by atoms with Gasteiger partial charge in [0.15, 0.2) is 11.3 Å². The summed E-state index contributed by atoms with van der Waals surface area (Å²) in [7, 11) is 0. The van der Waals surface area contributed by atoms with Crippen LogP contribution in [0.4, 0.5) is 0 Å². The van der Waals surface area contributed by atoms with Crippen molar-refractivity contribution >= 4 is 16.8 Å². The number of hydrogen-bond donors (Lipinski definition) is 2. The van der Waals surface area contributed by atoms with E-state index >= 15 is 0 Å². The molecule has 0 aromatic carbocycles. The lowest BCUT2D eigenvalue weighted by atomic mass is 10.1. The Bertz CT molecular complexity index is 712. The first-order valence-electron chi connectivity index (χ1n) is 6.25. The molecule has 0 spiro atoms. The third kappa shape index (κ3) is 1.29. The van der Waals surface area contributed by atoms with E-state index < -0.39 is 0 Å². The normalized spacial score (nSPS) is 24.3. The molecule has 92 valence electrons. The van der Waals surface area contributed by atoms with Crippen molar-refractivity contribution in [3.05, 3.63) is 24.3 Å². The molecule has 4 rings (SSSR count). The Morgan fingerprint density at radius 3 is 3.11 bits per heavy atom. The maximum Gasteiger partial charge on any atom is 0.179 e. The molecular formula is C12H14N6. The molecule has 0 bridgehead atoms. The predicted molar refractivity (Wildman–Crippen MR) is 67.2 cm³/mol. The van der Waals surface area contributed by atoms with E-state index in [1.54, 1.807) is 6.20 Å². The van der Waals surface area contributed by atoms with Crippen molar-refractivity contribution in [1.29, 1.82) is 0 Å². The van der Waals surface area contributed by atoms with E-state index in [4.69, 9.17) is 5.73 Å². The third-order valence-electron chi connectivity index (χ3n) is 3.81. The molecule has 6 nitrogen and oxygen atoms in total. The van der Waals surface area contributed by atoms with Crippen molar-refractivity contribution in [3.8, 4) is 0 Å². The second-order valence-electron chi connectivity index (χ2n) is 4.99. The van der Waals surface area contributed by atoms with Crippen molar-refractivity contribution in [3.63, 3.8) is 0 Å². The standard InChI is InChI=1S/C12H14N6/c13-8-2-1-7(5-8)12-17-16-10-6-15-11-9(18(10)12)3-4-14-11/h3-4,6-8,14H,1-2,5,13H2/t7-,8-/m0/s1. The van der Waals surface area contributed by atoms with Crippen LogP contribution in [0.25, 0.3) is 16.8 Å². The summed E-state index contributed by atoms with van der Waals surface area (Å²) in [4.78, 5) is 7.44. The fourth-order valence-electron chi connectivity index (χ4n) is 2.91. The SMILES string of the molecule is N[C@H]1CC[C@H](c2nnc3cnc4[nH]ccc4n23)C1. The maximum absolute atomic E-state index is 5.99. The van der Waals surface area contributed by atoms with E-state index in [-0.39, 0.29) is 0 Å². The minimum atomic E-state index is 0.297. The highest BCUT2D eigenvalue weighted by Crippen LogP contribution is 2.33. The lowest BCUT2D eigenvalue weighted by Gasteiger charge is -2.07. The zero-order valence-corrected chi connectivity index (χ0v) is 9.87. The average molecular weight is 242 g/mol. The van der Waals surface area contributed by atoms with Gasteiger partial charge in [0.05, 0.1) is 11.7 Å². The second-order valence-corrected chi connectivity index (χ2v) is 4.99. The summed E-state index contributed by atoms with van der Waals surface area (Å²) in [6, 6.07) is 2.31. The molecule has 2 atom stereocenters. The Morgan fingerprint density at radius 1 is 1.33 bits per heavy atom. The Morgan fingerprint density at radius 2 is 2.28 bits per heavy atom. The van der Waals surface area contributed by atoms with Gasteiger partial charge in [-0.05, 0) is 25.3 Å². The zero-order chi connectivity index (χ0) is 12.1. The molecule has 0 aliphatic heterocycles. The predicted octanol–water partition coefficient (Wildman–Crippen LogP) is 1.20. The quantitative estimate of drug-likeness (QED) is 0.671. The van der Waals surface area contributed by atoms with Crippen LogP contribution >= 0.6 is 0 Å². The molecule has 18 heavy (non-hydrogen) atoms. The first-order chi connectivity index (χ1) is 8.83. The van der Waals surface area contributed by atoms with E-state index in [0.29, 0.717) is 12.0 Å². The maximum atomic E-state index is 5.99. The number of nitrogens with zero attached hydrogens (tertiary/aromatic N) is 4. The fraction of sp³-hybridized carbons (Fsp3) is 0.417. The largest absolute Gasteiger partial charge is 0.345 e. The van der Waals surface area contributed by atoms with E-state index in [0.717, 1.165) is 41.9 Å². The first kappa shape index (κ1) is 10.0. The minimum Gasteiger partial charge on any atom is -0.345 e. The lowest BCUT2D eigenvalue weighted by Crippen LogP contribution is -2.15. The van der Waals surface area contributed by atoms with Gasteiger partial charge in [0.2, 0.25) is 0 Å². The summed E-state index contributed by atoms with van der Waals surface area (Å²) >= 11 is 0. The van der Waals surface area contributed by atoms with E-state index in [1.807, 2.05) is 12.3 Å². The van der Waals surface area contributed by atoms with Gasteiger partial charge in [-0.3, -0.25) is 4.40 Å². The van der Waals surface area contributed by atoms with Crippen LogP contribution in [-0.2, 0) is 0 Å².